The molecule has 30 heavy (non-hydrogen) atoms. The molecule has 0 saturated heterocycles. The molecule has 3 N–H and O–H groups in total. The number of nitrogens with zero attached hydrogens (tertiary/aromatic N) is 2. The summed E-state index contributed by atoms with van der Waals surface area (Å²) in [6.45, 7) is 2.77. The first-order valence-electron chi connectivity index (χ1n) is 9.68. The zero-order valence-corrected chi connectivity index (χ0v) is 17.3. The molecule has 0 atom stereocenters. The molecule has 2 aromatic carbocycles. The summed E-state index contributed by atoms with van der Waals surface area (Å²) in [7, 11) is 0. The largest absolute Gasteiger partial charge is 0.508 e. The molecule has 0 aliphatic carbocycles. The first-order chi connectivity index (χ1) is 14.5. The third-order valence-electron chi connectivity index (χ3n) is 4.53. The van der Waals surface area contributed by atoms with Gasteiger partial charge in [-0.2, -0.15) is 5.10 Å². The fourth-order valence-corrected chi connectivity index (χ4v) is 3.26. The molecule has 8 heteroatoms. The van der Waals surface area contributed by atoms with Crippen LogP contribution in [0.4, 0.5) is 0 Å². The normalized spacial score (nSPS) is 10.6. The van der Waals surface area contributed by atoms with E-state index in [-0.39, 0.29) is 17.6 Å². The Morgan fingerprint density at radius 3 is 2.50 bits per heavy atom. The summed E-state index contributed by atoms with van der Waals surface area (Å²) >= 11 is 6.06. The van der Waals surface area contributed by atoms with Crippen LogP contribution in [0.1, 0.15) is 39.8 Å². The van der Waals surface area contributed by atoms with Crippen molar-refractivity contribution in [3.05, 3.63) is 76.6 Å². The van der Waals surface area contributed by atoms with Gasteiger partial charge in [-0.15, -0.1) is 0 Å². The highest BCUT2D eigenvalue weighted by Gasteiger charge is 2.17. The van der Waals surface area contributed by atoms with Gasteiger partial charge < -0.3 is 15.7 Å². The molecule has 0 unspecified atom stereocenters. The van der Waals surface area contributed by atoms with Crippen LogP contribution in [0.5, 0.6) is 5.75 Å². The molecule has 0 aliphatic rings. The van der Waals surface area contributed by atoms with Gasteiger partial charge in [-0.05, 0) is 49.2 Å². The molecule has 0 radical (unpaired) electrons. The number of phenolic OH excluding ortho intramolecular Hbond substituents is 1. The minimum atomic E-state index is -0.270. The lowest BCUT2D eigenvalue weighted by atomic mass is 10.2. The summed E-state index contributed by atoms with van der Waals surface area (Å²) in [5.74, 6) is -0.437. The Hall–Kier alpha value is -3.32. The number of phenols is 1. The molecule has 0 aliphatic heterocycles. The van der Waals surface area contributed by atoms with Crippen molar-refractivity contribution in [2.45, 2.75) is 19.8 Å². The fourth-order valence-electron chi connectivity index (χ4n) is 3.07. The second-order valence-corrected chi connectivity index (χ2v) is 7.10. The number of benzene rings is 2. The van der Waals surface area contributed by atoms with Crippen molar-refractivity contribution < 1.29 is 14.7 Å². The van der Waals surface area contributed by atoms with Gasteiger partial charge in [0.15, 0.2) is 0 Å². The van der Waals surface area contributed by atoms with Gasteiger partial charge >= 0.3 is 0 Å². The van der Waals surface area contributed by atoms with Crippen LogP contribution in [0.25, 0.3) is 5.69 Å². The standard InChI is InChI=1S/C22H23ClN4O3/c1-2-20-19(14-26-27(20)17-8-4-7-16(23)13-17)22(30)25-11-5-10-24-21(29)15-6-3-9-18(28)12-15/h3-4,6-9,12-14,28H,2,5,10-11H2,1H3,(H,24,29)(H,25,30). The van der Waals surface area contributed by atoms with E-state index in [1.807, 2.05) is 19.1 Å². The minimum Gasteiger partial charge on any atom is -0.508 e. The van der Waals surface area contributed by atoms with Gasteiger partial charge in [0, 0.05) is 23.7 Å². The van der Waals surface area contributed by atoms with Gasteiger partial charge in [-0.25, -0.2) is 4.68 Å². The summed E-state index contributed by atoms with van der Waals surface area (Å²) in [5.41, 5.74) is 2.50. The van der Waals surface area contributed by atoms with Gasteiger partial charge in [-0.3, -0.25) is 9.59 Å². The Morgan fingerprint density at radius 2 is 1.80 bits per heavy atom. The van der Waals surface area contributed by atoms with Gasteiger partial charge in [-0.1, -0.05) is 30.7 Å². The Morgan fingerprint density at radius 1 is 1.07 bits per heavy atom. The van der Waals surface area contributed by atoms with E-state index >= 15 is 0 Å². The maximum Gasteiger partial charge on any atom is 0.254 e. The molecule has 2 amide bonds. The van der Waals surface area contributed by atoms with Gasteiger partial charge in [0.25, 0.3) is 11.8 Å². The summed E-state index contributed by atoms with van der Waals surface area (Å²) in [4.78, 5) is 24.6. The number of hydrogen-bond donors (Lipinski definition) is 3. The number of aromatic nitrogens is 2. The Kier molecular flexibility index (Phi) is 7.08. The highest BCUT2D eigenvalue weighted by Crippen LogP contribution is 2.19. The first-order valence-corrected chi connectivity index (χ1v) is 10.1. The van der Waals surface area contributed by atoms with Crippen molar-refractivity contribution in [2.24, 2.45) is 0 Å². The van der Waals surface area contributed by atoms with E-state index in [1.165, 1.54) is 12.1 Å². The molecule has 0 spiro atoms. The van der Waals surface area contributed by atoms with Crippen molar-refractivity contribution in [3.63, 3.8) is 0 Å². The zero-order valence-electron chi connectivity index (χ0n) is 16.6. The molecule has 156 valence electrons. The average Bonchev–Trinajstić information content (AvgIpc) is 3.17. The van der Waals surface area contributed by atoms with E-state index in [2.05, 4.69) is 15.7 Å². The molecular weight excluding hydrogens is 404 g/mol. The van der Waals surface area contributed by atoms with Crippen molar-refractivity contribution in [1.82, 2.24) is 20.4 Å². The molecule has 3 rings (SSSR count). The first kappa shape index (κ1) is 21.4. The quantitative estimate of drug-likeness (QED) is 0.481. The highest BCUT2D eigenvalue weighted by molar-refractivity contribution is 6.30. The molecule has 1 heterocycles. The van der Waals surface area contributed by atoms with Crippen LogP contribution >= 0.6 is 11.6 Å². The number of carbonyl (C=O) groups excluding carboxylic acids is 2. The predicted octanol–water partition coefficient (Wildman–Crippen LogP) is 3.34. The Labute approximate surface area is 179 Å². The lowest BCUT2D eigenvalue weighted by Gasteiger charge is -2.09. The molecular formula is C22H23ClN4O3. The molecule has 3 aromatic rings. The summed E-state index contributed by atoms with van der Waals surface area (Å²) < 4.78 is 1.72. The van der Waals surface area contributed by atoms with Gasteiger partial charge in [0.2, 0.25) is 0 Å². The predicted molar refractivity (Wildman–Crippen MR) is 115 cm³/mol. The van der Waals surface area contributed by atoms with E-state index < -0.39 is 0 Å². The monoisotopic (exact) mass is 426 g/mol. The smallest absolute Gasteiger partial charge is 0.254 e. The van der Waals surface area contributed by atoms with E-state index in [1.54, 1.807) is 35.1 Å². The number of aromatic hydroxyl groups is 1. The lowest BCUT2D eigenvalue weighted by Crippen LogP contribution is -2.30. The number of rotatable bonds is 8. The Bertz CT molecular complexity index is 1050. The van der Waals surface area contributed by atoms with E-state index in [0.717, 1.165) is 11.4 Å². The van der Waals surface area contributed by atoms with E-state index in [4.69, 9.17) is 11.6 Å². The molecule has 1 aromatic heterocycles. The number of carbonyl (C=O) groups is 2. The maximum absolute atomic E-state index is 12.6. The van der Waals surface area contributed by atoms with E-state index in [0.29, 0.717) is 42.1 Å². The minimum absolute atomic E-state index is 0.0416. The number of nitrogens with one attached hydrogen (secondary N) is 2. The van der Waals surface area contributed by atoms with Crippen LogP contribution < -0.4 is 10.6 Å². The molecule has 0 bridgehead atoms. The summed E-state index contributed by atoms with van der Waals surface area (Å²) in [5, 5.41) is 20.0. The van der Waals surface area contributed by atoms with Crippen molar-refractivity contribution >= 4 is 23.4 Å². The van der Waals surface area contributed by atoms with E-state index in [9.17, 15) is 14.7 Å². The average molecular weight is 427 g/mol. The third-order valence-corrected chi connectivity index (χ3v) is 4.77. The summed E-state index contributed by atoms with van der Waals surface area (Å²) in [6.07, 6.45) is 2.76. The molecule has 0 saturated carbocycles. The molecule has 0 fully saturated rings. The van der Waals surface area contributed by atoms with Crippen LogP contribution in [0.2, 0.25) is 5.02 Å². The van der Waals surface area contributed by atoms with Crippen LogP contribution in [0, 0.1) is 0 Å². The number of amides is 2. The van der Waals surface area contributed by atoms with Crippen molar-refractivity contribution in [1.29, 1.82) is 0 Å². The third kappa shape index (κ3) is 5.18. The lowest BCUT2D eigenvalue weighted by molar-refractivity contribution is 0.0951. The topological polar surface area (TPSA) is 96.2 Å². The summed E-state index contributed by atoms with van der Waals surface area (Å²) in [6, 6.07) is 13.4. The number of hydrogen-bond acceptors (Lipinski definition) is 4. The van der Waals surface area contributed by atoms with Crippen molar-refractivity contribution in [3.8, 4) is 11.4 Å². The van der Waals surface area contributed by atoms with Crippen molar-refractivity contribution in [2.75, 3.05) is 13.1 Å². The van der Waals surface area contributed by atoms with Crippen LogP contribution in [-0.4, -0.2) is 39.8 Å². The van der Waals surface area contributed by atoms with Crippen LogP contribution in [0.15, 0.2) is 54.7 Å². The van der Waals surface area contributed by atoms with Crippen LogP contribution in [0.3, 0.4) is 0 Å². The van der Waals surface area contributed by atoms with Crippen LogP contribution in [-0.2, 0) is 6.42 Å². The maximum atomic E-state index is 12.6. The molecule has 7 nitrogen and oxygen atoms in total. The zero-order chi connectivity index (χ0) is 21.5. The Balaban J connectivity index is 1.52. The number of halogens is 1. The van der Waals surface area contributed by atoms with Gasteiger partial charge in [0.1, 0.15) is 5.75 Å². The highest BCUT2D eigenvalue weighted by atomic mass is 35.5. The fraction of sp³-hybridized carbons (Fsp3) is 0.227. The second kappa shape index (κ2) is 9.93. The SMILES string of the molecule is CCc1c(C(=O)NCCCNC(=O)c2cccc(O)c2)cnn1-c1cccc(Cl)c1. The van der Waals surface area contributed by atoms with Gasteiger partial charge in [0.05, 0.1) is 23.1 Å². The second-order valence-electron chi connectivity index (χ2n) is 6.67.